The van der Waals surface area contributed by atoms with Crippen LogP contribution < -0.4 is 0 Å². The summed E-state index contributed by atoms with van der Waals surface area (Å²) in [7, 11) is 0. The number of thioether (sulfide) groups is 1. The number of nitrogens with zero attached hydrogens (tertiary/aromatic N) is 3. The summed E-state index contributed by atoms with van der Waals surface area (Å²) in [6.45, 7) is 2.77. The molecular weight excluding hydrogens is 370 g/mol. The Morgan fingerprint density at radius 1 is 1.36 bits per heavy atom. The Labute approximate surface area is 141 Å². The summed E-state index contributed by atoms with van der Waals surface area (Å²) in [5.74, 6) is 0.0713. The Balaban J connectivity index is 2.35. The molecule has 0 unspecified atom stereocenters. The molecule has 1 N–H and O–H groups in total. The van der Waals surface area contributed by atoms with E-state index in [1.165, 1.54) is 16.7 Å². The van der Waals surface area contributed by atoms with E-state index in [0.29, 0.717) is 42.3 Å². The summed E-state index contributed by atoms with van der Waals surface area (Å²) < 4.78 is 0. The molecule has 1 amide bonds. The van der Waals surface area contributed by atoms with Gasteiger partial charge in [-0.1, -0.05) is 27.7 Å². The summed E-state index contributed by atoms with van der Waals surface area (Å²) in [4.78, 5) is 33.6. The highest BCUT2D eigenvalue weighted by atomic mass is 79.9. The van der Waals surface area contributed by atoms with Gasteiger partial charge in [-0.2, -0.15) is 0 Å². The number of rotatable bonds is 4. The van der Waals surface area contributed by atoms with Crippen LogP contribution in [0.15, 0.2) is 5.16 Å². The van der Waals surface area contributed by atoms with E-state index in [4.69, 9.17) is 5.11 Å². The highest BCUT2D eigenvalue weighted by molar-refractivity contribution is 9.09. The molecule has 1 aliphatic heterocycles. The number of hydrogen-bond donors (Lipinski definition) is 1. The number of ketones is 1. The van der Waals surface area contributed by atoms with Gasteiger partial charge in [0.25, 0.3) is 0 Å². The van der Waals surface area contributed by atoms with Crippen molar-refractivity contribution in [3.63, 3.8) is 0 Å². The normalized spacial score (nSPS) is 15.9. The van der Waals surface area contributed by atoms with Crippen molar-refractivity contribution >= 4 is 39.6 Å². The molecule has 6 nitrogen and oxygen atoms in total. The fraction of sp³-hybridized carbons (Fsp3) is 0.571. The quantitative estimate of drug-likeness (QED) is 0.370. The Morgan fingerprint density at radius 3 is 2.50 bits per heavy atom. The largest absolute Gasteiger partial charge is 0.465 e. The minimum absolute atomic E-state index is 0.0270. The summed E-state index contributed by atoms with van der Waals surface area (Å²) in [5, 5.41) is 9.92. The predicted octanol–water partition coefficient (Wildman–Crippen LogP) is 2.94. The van der Waals surface area contributed by atoms with Crippen LogP contribution in [0.1, 0.15) is 40.5 Å². The van der Waals surface area contributed by atoms with E-state index in [1.807, 2.05) is 13.2 Å². The van der Waals surface area contributed by atoms with Gasteiger partial charge < -0.3 is 10.0 Å². The van der Waals surface area contributed by atoms with E-state index in [2.05, 4.69) is 25.9 Å². The lowest BCUT2D eigenvalue weighted by atomic mass is 9.89. The number of carboxylic acid groups (broad SMARTS) is 1. The van der Waals surface area contributed by atoms with Crippen LogP contribution in [0.3, 0.4) is 0 Å². The third kappa shape index (κ3) is 3.60. The predicted molar refractivity (Wildman–Crippen MR) is 88.2 cm³/mol. The lowest BCUT2D eigenvalue weighted by molar-refractivity contribution is 0.101. The number of aromatic nitrogens is 2. The average Bonchev–Trinajstić information content (AvgIpc) is 2.53. The van der Waals surface area contributed by atoms with Gasteiger partial charge in [-0.15, -0.1) is 0 Å². The summed E-state index contributed by atoms with van der Waals surface area (Å²) >= 11 is 4.66. The average molecular weight is 388 g/mol. The lowest BCUT2D eigenvalue weighted by Gasteiger charge is -2.30. The van der Waals surface area contributed by atoms with Crippen molar-refractivity contribution < 1.29 is 14.7 Å². The van der Waals surface area contributed by atoms with Crippen LogP contribution in [0.2, 0.25) is 0 Å². The maximum absolute atomic E-state index is 12.2. The number of carbonyl (C=O) groups is 2. The number of hydrogen-bond acceptors (Lipinski definition) is 5. The monoisotopic (exact) mass is 387 g/mol. The zero-order chi connectivity index (χ0) is 16.3. The van der Waals surface area contributed by atoms with E-state index in [0.717, 1.165) is 5.69 Å². The molecule has 1 aromatic heterocycles. The fourth-order valence-corrected chi connectivity index (χ4v) is 3.41. The second-order valence-electron chi connectivity index (χ2n) is 5.16. The highest BCUT2D eigenvalue weighted by Gasteiger charge is 2.29. The van der Waals surface area contributed by atoms with E-state index >= 15 is 0 Å². The number of halogens is 1. The van der Waals surface area contributed by atoms with Gasteiger partial charge in [0.2, 0.25) is 0 Å². The maximum Gasteiger partial charge on any atom is 0.407 e. The molecule has 0 aliphatic carbocycles. The van der Waals surface area contributed by atoms with Gasteiger partial charge in [-0.05, 0) is 26.0 Å². The van der Waals surface area contributed by atoms with E-state index in [-0.39, 0.29) is 17.0 Å². The van der Waals surface area contributed by atoms with Gasteiger partial charge in [-0.25, -0.2) is 14.8 Å². The Hall–Kier alpha value is -1.15. The minimum Gasteiger partial charge on any atom is -0.465 e. The molecule has 0 atom stereocenters. The van der Waals surface area contributed by atoms with E-state index in [1.54, 1.807) is 0 Å². The minimum atomic E-state index is -0.890. The van der Waals surface area contributed by atoms with E-state index < -0.39 is 6.09 Å². The topological polar surface area (TPSA) is 83.4 Å². The van der Waals surface area contributed by atoms with Crippen LogP contribution in [-0.4, -0.2) is 56.5 Å². The van der Waals surface area contributed by atoms with Crippen molar-refractivity contribution in [1.29, 1.82) is 0 Å². The molecular formula is C14H18BrN3O3S. The molecule has 0 spiro atoms. The molecule has 0 radical (unpaired) electrons. The molecule has 2 rings (SSSR count). The molecule has 1 fully saturated rings. The number of piperidine rings is 1. The van der Waals surface area contributed by atoms with Gasteiger partial charge in [0.05, 0.1) is 22.3 Å². The number of likely N-dealkylation sites (tertiary alicyclic amines) is 1. The molecule has 0 saturated carbocycles. The first kappa shape index (κ1) is 17.2. The summed E-state index contributed by atoms with van der Waals surface area (Å²) in [5.41, 5.74) is 2.05. The van der Waals surface area contributed by atoms with Crippen LogP contribution in [0.5, 0.6) is 0 Å². The third-order valence-electron chi connectivity index (χ3n) is 3.83. The first-order valence-corrected chi connectivity index (χ1v) is 9.32. The van der Waals surface area contributed by atoms with Crippen molar-refractivity contribution in [3.8, 4) is 0 Å². The number of carbonyl (C=O) groups excluding carboxylic acids is 1. The summed E-state index contributed by atoms with van der Waals surface area (Å²) in [6.07, 6.45) is 2.37. The van der Waals surface area contributed by atoms with Gasteiger partial charge in [0.1, 0.15) is 0 Å². The van der Waals surface area contributed by atoms with Crippen molar-refractivity contribution in [3.05, 3.63) is 17.0 Å². The van der Waals surface area contributed by atoms with Gasteiger partial charge in [0.15, 0.2) is 10.9 Å². The highest BCUT2D eigenvalue weighted by Crippen LogP contribution is 2.31. The fourth-order valence-electron chi connectivity index (χ4n) is 2.71. The zero-order valence-corrected chi connectivity index (χ0v) is 14.9. The maximum atomic E-state index is 12.2. The zero-order valence-electron chi connectivity index (χ0n) is 12.5. The second-order valence-corrected chi connectivity index (χ2v) is 6.49. The first-order valence-electron chi connectivity index (χ1n) is 6.97. The van der Waals surface area contributed by atoms with Crippen molar-refractivity contribution in [2.45, 2.75) is 30.8 Å². The van der Waals surface area contributed by atoms with Crippen LogP contribution in [0.4, 0.5) is 4.79 Å². The van der Waals surface area contributed by atoms with Crippen LogP contribution in [0, 0.1) is 6.92 Å². The standard InChI is InChI=1S/C14H18BrN3O3S/c1-8-11(10(19)7-15)12(17-13(16-8)22-2)9-3-5-18(6-4-9)14(20)21/h9H,3-7H2,1-2H3,(H,20,21). The lowest BCUT2D eigenvalue weighted by Crippen LogP contribution is -2.37. The number of Topliss-reactive ketones (excluding diaryl/α,β-unsaturated/α-hetero) is 1. The van der Waals surface area contributed by atoms with Crippen LogP contribution in [-0.2, 0) is 0 Å². The Kier molecular flexibility index (Phi) is 5.80. The van der Waals surface area contributed by atoms with Crippen molar-refractivity contribution in [1.82, 2.24) is 14.9 Å². The van der Waals surface area contributed by atoms with Crippen molar-refractivity contribution in [2.24, 2.45) is 0 Å². The van der Waals surface area contributed by atoms with Gasteiger partial charge in [0, 0.05) is 19.0 Å². The first-order chi connectivity index (χ1) is 10.5. The Bertz CT molecular complexity index is 589. The summed E-state index contributed by atoms with van der Waals surface area (Å²) in [6, 6.07) is 0. The number of amides is 1. The van der Waals surface area contributed by atoms with Crippen LogP contribution in [0.25, 0.3) is 0 Å². The second kappa shape index (κ2) is 7.41. The molecule has 1 aliphatic rings. The number of aryl methyl sites for hydroxylation is 1. The molecule has 0 aromatic carbocycles. The molecule has 1 saturated heterocycles. The van der Waals surface area contributed by atoms with Gasteiger partial charge in [-0.3, -0.25) is 4.79 Å². The van der Waals surface area contributed by atoms with E-state index in [9.17, 15) is 9.59 Å². The number of alkyl halides is 1. The Morgan fingerprint density at radius 2 is 2.00 bits per heavy atom. The van der Waals surface area contributed by atoms with Gasteiger partial charge >= 0.3 is 6.09 Å². The molecule has 120 valence electrons. The van der Waals surface area contributed by atoms with Crippen LogP contribution >= 0.6 is 27.7 Å². The SMILES string of the molecule is CSc1nc(C)c(C(=O)CBr)c(C2CCN(C(=O)O)CC2)n1. The third-order valence-corrected chi connectivity index (χ3v) is 4.89. The molecule has 0 bridgehead atoms. The smallest absolute Gasteiger partial charge is 0.407 e. The van der Waals surface area contributed by atoms with Crippen molar-refractivity contribution in [2.75, 3.05) is 24.7 Å². The molecule has 8 heteroatoms. The molecule has 2 heterocycles. The molecule has 1 aromatic rings. The molecule has 22 heavy (non-hydrogen) atoms.